The molecule has 3 aromatic rings. The topological polar surface area (TPSA) is 68.2 Å². The fourth-order valence-corrected chi connectivity index (χ4v) is 4.79. The lowest BCUT2D eigenvalue weighted by Crippen LogP contribution is -2.23. The van der Waals surface area contributed by atoms with Gasteiger partial charge in [-0.3, -0.25) is 9.69 Å². The lowest BCUT2D eigenvalue weighted by Gasteiger charge is -2.11. The summed E-state index contributed by atoms with van der Waals surface area (Å²) in [7, 11) is 1.66. The van der Waals surface area contributed by atoms with Crippen LogP contribution in [0.2, 0.25) is 10.0 Å². The Morgan fingerprint density at radius 2 is 1.89 bits per heavy atom. The van der Waals surface area contributed by atoms with Crippen molar-refractivity contribution in [3.63, 3.8) is 0 Å². The number of carbonyl (C=O) groups is 2. The highest BCUT2D eigenvalue weighted by molar-refractivity contribution is 8.18. The molecule has 4 rings (SSSR count). The number of ether oxygens (including phenoxy) is 2. The molecule has 0 atom stereocenters. The molecule has 1 heterocycles. The molecular formula is C27H22Cl2N2O4S. The molecule has 184 valence electrons. The van der Waals surface area contributed by atoms with Gasteiger partial charge in [-0.25, -0.2) is 9.79 Å². The van der Waals surface area contributed by atoms with E-state index in [0.29, 0.717) is 37.1 Å². The zero-order valence-electron chi connectivity index (χ0n) is 19.5. The van der Waals surface area contributed by atoms with Crippen molar-refractivity contribution in [2.24, 2.45) is 4.99 Å². The molecule has 0 aliphatic carbocycles. The van der Waals surface area contributed by atoms with E-state index in [0.717, 1.165) is 11.1 Å². The van der Waals surface area contributed by atoms with Crippen LogP contribution in [0.5, 0.6) is 5.75 Å². The average molecular weight is 541 g/mol. The molecule has 1 amide bonds. The average Bonchev–Trinajstić information content (AvgIpc) is 3.12. The molecule has 0 spiro atoms. The normalized spacial score (nSPS) is 15.6. The highest BCUT2D eigenvalue weighted by Crippen LogP contribution is 2.35. The van der Waals surface area contributed by atoms with Crippen LogP contribution in [0.3, 0.4) is 0 Å². The number of rotatable bonds is 7. The Bertz CT molecular complexity index is 1370. The Labute approximate surface area is 223 Å². The molecule has 0 N–H and O–H groups in total. The van der Waals surface area contributed by atoms with Crippen molar-refractivity contribution in [3.05, 3.63) is 98.4 Å². The summed E-state index contributed by atoms with van der Waals surface area (Å²) in [5.74, 6) is 0.00979. The van der Waals surface area contributed by atoms with Crippen molar-refractivity contribution < 1.29 is 19.1 Å². The van der Waals surface area contributed by atoms with Crippen molar-refractivity contribution in [1.82, 2.24) is 4.90 Å². The van der Waals surface area contributed by atoms with Gasteiger partial charge < -0.3 is 9.47 Å². The third kappa shape index (κ3) is 6.10. The second kappa shape index (κ2) is 11.6. The Hall–Kier alpha value is -3.26. The van der Waals surface area contributed by atoms with Crippen LogP contribution < -0.4 is 4.74 Å². The SMILES string of the molecule is CCOC(=O)c1cccc(N=C2SC(=Cc3ccccc3OCc3ccc(Cl)cc3Cl)C(=O)N2C)c1. The summed E-state index contributed by atoms with van der Waals surface area (Å²) in [6, 6.07) is 19.5. The van der Waals surface area contributed by atoms with Crippen molar-refractivity contribution >= 4 is 63.8 Å². The summed E-state index contributed by atoms with van der Waals surface area (Å²) in [6.07, 6.45) is 1.78. The number of aliphatic imine (C=N–C) groups is 1. The summed E-state index contributed by atoms with van der Waals surface area (Å²) < 4.78 is 11.1. The van der Waals surface area contributed by atoms with Gasteiger partial charge >= 0.3 is 5.97 Å². The molecule has 1 fully saturated rings. The van der Waals surface area contributed by atoms with Gasteiger partial charge in [-0.1, -0.05) is 53.5 Å². The highest BCUT2D eigenvalue weighted by Gasteiger charge is 2.30. The van der Waals surface area contributed by atoms with Crippen molar-refractivity contribution in [3.8, 4) is 5.75 Å². The molecule has 9 heteroatoms. The summed E-state index contributed by atoms with van der Waals surface area (Å²) in [5, 5.41) is 1.58. The second-order valence-corrected chi connectivity index (χ2v) is 9.55. The van der Waals surface area contributed by atoms with Crippen LogP contribution in [-0.4, -0.2) is 35.6 Å². The standard InChI is InChI=1S/C27H22Cl2N2O4S/c1-3-34-26(33)18-8-6-9-21(13-18)30-27-31(2)25(32)24(36-27)14-17-7-4-5-10-23(17)35-16-19-11-12-20(28)15-22(19)29/h4-15H,3,16H2,1-2H3. The van der Waals surface area contributed by atoms with E-state index in [1.54, 1.807) is 56.4 Å². The van der Waals surface area contributed by atoms with E-state index in [1.165, 1.54) is 16.7 Å². The zero-order chi connectivity index (χ0) is 25.7. The molecule has 0 saturated carbocycles. The van der Waals surface area contributed by atoms with Crippen LogP contribution in [0.15, 0.2) is 76.6 Å². The van der Waals surface area contributed by atoms with E-state index < -0.39 is 5.97 Å². The first kappa shape index (κ1) is 25.8. The highest BCUT2D eigenvalue weighted by atomic mass is 35.5. The Morgan fingerprint density at radius 1 is 1.08 bits per heavy atom. The number of hydrogen-bond donors (Lipinski definition) is 0. The summed E-state index contributed by atoms with van der Waals surface area (Å²) in [5.41, 5.74) is 2.50. The van der Waals surface area contributed by atoms with Gasteiger partial charge in [0, 0.05) is 28.2 Å². The van der Waals surface area contributed by atoms with Gasteiger partial charge in [0.2, 0.25) is 0 Å². The molecule has 36 heavy (non-hydrogen) atoms. The number of likely N-dealkylation sites (N-methyl/N-ethyl adjacent to an activating group) is 1. The maximum absolute atomic E-state index is 12.9. The Balaban J connectivity index is 1.55. The maximum atomic E-state index is 12.9. The largest absolute Gasteiger partial charge is 0.488 e. The number of carbonyl (C=O) groups excluding carboxylic acids is 2. The monoisotopic (exact) mass is 540 g/mol. The molecule has 0 unspecified atom stereocenters. The quantitative estimate of drug-likeness (QED) is 0.238. The molecule has 1 aliphatic heterocycles. The van der Waals surface area contributed by atoms with Crippen molar-refractivity contribution in [2.75, 3.05) is 13.7 Å². The fourth-order valence-electron chi connectivity index (χ4n) is 3.35. The molecule has 0 aromatic heterocycles. The van der Waals surface area contributed by atoms with Gasteiger partial charge in [-0.05, 0) is 61.2 Å². The van der Waals surface area contributed by atoms with Crippen molar-refractivity contribution in [2.45, 2.75) is 13.5 Å². The summed E-state index contributed by atoms with van der Waals surface area (Å²) >= 11 is 13.5. The van der Waals surface area contributed by atoms with Crippen LogP contribution in [0.25, 0.3) is 6.08 Å². The van der Waals surface area contributed by atoms with Gasteiger partial charge in [-0.2, -0.15) is 0 Å². The van der Waals surface area contributed by atoms with Gasteiger partial charge in [0.05, 0.1) is 22.8 Å². The number of thioether (sulfide) groups is 1. The van der Waals surface area contributed by atoms with Gasteiger partial charge in [0.1, 0.15) is 12.4 Å². The summed E-state index contributed by atoms with van der Waals surface area (Å²) in [6.45, 7) is 2.29. The molecular weight excluding hydrogens is 519 g/mol. The van der Waals surface area contributed by atoms with E-state index in [9.17, 15) is 9.59 Å². The van der Waals surface area contributed by atoms with Crippen molar-refractivity contribution in [1.29, 1.82) is 0 Å². The molecule has 3 aromatic carbocycles. The molecule has 1 aliphatic rings. The van der Waals surface area contributed by atoms with Gasteiger partial charge in [0.15, 0.2) is 5.17 Å². The number of amidine groups is 1. The number of benzene rings is 3. The number of hydrogen-bond acceptors (Lipinski definition) is 6. The van der Waals surface area contributed by atoms with Crippen LogP contribution in [0.1, 0.15) is 28.4 Å². The third-order valence-corrected chi connectivity index (χ3v) is 6.84. The molecule has 1 saturated heterocycles. The van der Waals surface area contributed by atoms with E-state index >= 15 is 0 Å². The predicted octanol–water partition coefficient (Wildman–Crippen LogP) is 6.98. The van der Waals surface area contributed by atoms with Crippen LogP contribution in [-0.2, 0) is 16.1 Å². The predicted molar refractivity (Wildman–Crippen MR) is 145 cm³/mol. The van der Waals surface area contributed by atoms with Crippen LogP contribution in [0, 0.1) is 0 Å². The maximum Gasteiger partial charge on any atom is 0.338 e. The lowest BCUT2D eigenvalue weighted by molar-refractivity contribution is -0.121. The van der Waals surface area contributed by atoms with Gasteiger partial charge in [-0.15, -0.1) is 0 Å². The smallest absolute Gasteiger partial charge is 0.338 e. The second-order valence-electron chi connectivity index (χ2n) is 7.70. The van der Waals surface area contributed by atoms with Gasteiger partial charge in [0.25, 0.3) is 5.91 Å². The minimum atomic E-state index is -0.417. The first-order chi connectivity index (χ1) is 17.4. The first-order valence-corrected chi connectivity index (χ1v) is 12.6. The lowest BCUT2D eigenvalue weighted by atomic mass is 10.1. The van der Waals surface area contributed by atoms with Crippen LogP contribution in [0.4, 0.5) is 5.69 Å². The fraction of sp³-hybridized carbons (Fsp3) is 0.148. The zero-order valence-corrected chi connectivity index (χ0v) is 21.9. The first-order valence-electron chi connectivity index (χ1n) is 11.0. The summed E-state index contributed by atoms with van der Waals surface area (Å²) in [4.78, 5) is 31.5. The number of halogens is 2. The molecule has 0 radical (unpaired) electrons. The Morgan fingerprint density at radius 3 is 2.67 bits per heavy atom. The van der Waals surface area contributed by atoms with E-state index in [-0.39, 0.29) is 19.1 Å². The minimum absolute atomic E-state index is 0.184. The molecule has 6 nitrogen and oxygen atoms in total. The number of nitrogens with zero attached hydrogens (tertiary/aromatic N) is 2. The number of amides is 1. The van der Waals surface area contributed by atoms with E-state index in [2.05, 4.69) is 4.99 Å². The number of esters is 1. The van der Waals surface area contributed by atoms with Crippen LogP contribution >= 0.6 is 35.0 Å². The Kier molecular flexibility index (Phi) is 8.36. The van der Waals surface area contributed by atoms with E-state index in [4.69, 9.17) is 32.7 Å². The minimum Gasteiger partial charge on any atom is -0.488 e. The number of para-hydroxylation sites is 1. The van der Waals surface area contributed by atoms with E-state index in [1.807, 2.05) is 30.3 Å². The third-order valence-electron chi connectivity index (χ3n) is 5.19. The molecule has 0 bridgehead atoms.